The van der Waals surface area contributed by atoms with E-state index in [1.54, 1.807) is 11.0 Å². The van der Waals surface area contributed by atoms with E-state index in [4.69, 9.17) is 4.74 Å². The van der Waals surface area contributed by atoms with E-state index in [-0.39, 0.29) is 30.6 Å². The normalized spacial score (nSPS) is 22.2. The first-order valence-corrected chi connectivity index (χ1v) is 7.46. The Morgan fingerprint density at radius 1 is 1.38 bits per heavy atom. The standard InChI is InChI=1S/C16H23FN2O2/c1-4-13-5-6-14(15(17)7-13)10-21-16(20)19-11(2)8-18-9-12(19)3/h5-7,11-12,18H,4,8-10H2,1-3H3/t11-,12+. The van der Waals surface area contributed by atoms with E-state index < -0.39 is 0 Å². The van der Waals surface area contributed by atoms with Crippen LogP contribution in [0.25, 0.3) is 0 Å². The Balaban J connectivity index is 1.97. The van der Waals surface area contributed by atoms with Crippen molar-refractivity contribution in [3.63, 3.8) is 0 Å². The summed E-state index contributed by atoms with van der Waals surface area (Å²) in [5.74, 6) is -0.316. The van der Waals surface area contributed by atoms with E-state index in [9.17, 15) is 9.18 Å². The smallest absolute Gasteiger partial charge is 0.410 e. The van der Waals surface area contributed by atoms with E-state index in [0.717, 1.165) is 25.1 Å². The third-order valence-electron chi connectivity index (χ3n) is 3.92. The molecule has 0 unspecified atom stereocenters. The molecule has 1 N–H and O–H groups in total. The number of halogens is 1. The second kappa shape index (κ2) is 6.89. The summed E-state index contributed by atoms with van der Waals surface area (Å²) in [6, 6.07) is 5.20. The number of carbonyl (C=O) groups excluding carboxylic acids is 1. The van der Waals surface area contributed by atoms with Crippen LogP contribution in [0.2, 0.25) is 0 Å². The highest BCUT2D eigenvalue weighted by Gasteiger charge is 2.30. The molecule has 1 aliphatic rings. The summed E-state index contributed by atoms with van der Waals surface area (Å²) in [6.07, 6.45) is 0.405. The zero-order valence-corrected chi connectivity index (χ0v) is 12.9. The monoisotopic (exact) mass is 294 g/mol. The van der Waals surface area contributed by atoms with Crippen molar-refractivity contribution in [1.82, 2.24) is 10.2 Å². The quantitative estimate of drug-likeness (QED) is 0.932. The summed E-state index contributed by atoms with van der Waals surface area (Å²) >= 11 is 0. The third kappa shape index (κ3) is 3.73. The van der Waals surface area contributed by atoms with Crippen molar-refractivity contribution in [3.05, 3.63) is 35.1 Å². The van der Waals surface area contributed by atoms with Crippen LogP contribution in [0.4, 0.5) is 9.18 Å². The zero-order chi connectivity index (χ0) is 15.4. The van der Waals surface area contributed by atoms with Gasteiger partial charge < -0.3 is 15.0 Å². The van der Waals surface area contributed by atoms with E-state index in [1.807, 2.05) is 26.8 Å². The number of benzene rings is 1. The number of ether oxygens (including phenoxy) is 1. The van der Waals surface area contributed by atoms with Crippen molar-refractivity contribution in [2.24, 2.45) is 0 Å². The van der Waals surface area contributed by atoms with Gasteiger partial charge in [0.25, 0.3) is 0 Å². The molecule has 1 amide bonds. The van der Waals surface area contributed by atoms with E-state index in [0.29, 0.717) is 5.56 Å². The second-order valence-electron chi connectivity index (χ2n) is 5.60. The molecule has 1 heterocycles. The lowest BCUT2D eigenvalue weighted by molar-refractivity contribution is 0.0558. The van der Waals surface area contributed by atoms with Crippen molar-refractivity contribution >= 4 is 6.09 Å². The van der Waals surface area contributed by atoms with Crippen molar-refractivity contribution < 1.29 is 13.9 Å². The molecule has 0 spiro atoms. The summed E-state index contributed by atoms with van der Waals surface area (Å²) in [6.45, 7) is 7.39. The third-order valence-corrected chi connectivity index (χ3v) is 3.92. The molecule has 0 aliphatic carbocycles. The van der Waals surface area contributed by atoms with Gasteiger partial charge >= 0.3 is 6.09 Å². The molecule has 4 nitrogen and oxygen atoms in total. The number of hydrogen-bond acceptors (Lipinski definition) is 3. The maximum absolute atomic E-state index is 13.9. The predicted molar refractivity (Wildman–Crippen MR) is 79.6 cm³/mol. The maximum Gasteiger partial charge on any atom is 0.410 e. The van der Waals surface area contributed by atoms with Crippen LogP contribution in [0.5, 0.6) is 0 Å². The van der Waals surface area contributed by atoms with Gasteiger partial charge in [0.2, 0.25) is 0 Å². The molecule has 21 heavy (non-hydrogen) atoms. The number of rotatable bonds is 3. The predicted octanol–water partition coefficient (Wildman–Crippen LogP) is 2.71. The molecule has 0 saturated carbocycles. The molecule has 0 radical (unpaired) electrons. The fourth-order valence-electron chi connectivity index (χ4n) is 2.63. The number of aryl methyl sites for hydroxylation is 1. The average Bonchev–Trinajstić information content (AvgIpc) is 2.45. The molecule has 2 atom stereocenters. The lowest BCUT2D eigenvalue weighted by atomic mass is 10.1. The van der Waals surface area contributed by atoms with Gasteiger partial charge in [0.15, 0.2) is 0 Å². The van der Waals surface area contributed by atoms with Gasteiger partial charge in [-0.15, -0.1) is 0 Å². The number of piperazine rings is 1. The Kier molecular flexibility index (Phi) is 5.17. The van der Waals surface area contributed by atoms with E-state index in [1.165, 1.54) is 6.07 Å². The van der Waals surface area contributed by atoms with Gasteiger partial charge in [-0.25, -0.2) is 9.18 Å². The molecular weight excluding hydrogens is 271 g/mol. The number of hydrogen-bond donors (Lipinski definition) is 1. The van der Waals surface area contributed by atoms with Crippen LogP contribution < -0.4 is 5.32 Å². The van der Waals surface area contributed by atoms with Crippen LogP contribution in [-0.4, -0.2) is 36.2 Å². The maximum atomic E-state index is 13.9. The fourth-order valence-corrected chi connectivity index (χ4v) is 2.63. The van der Waals surface area contributed by atoms with E-state index in [2.05, 4.69) is 5.32 Å². The highest BCUT2D eigenvalue weighted by atomic mass is 19.1. The largest absolute Gasteiger partial charge is 0.444 e. The number of amides is 1. The number of nitrogens with one attached hydrogen (secondary N) is 1. The molecule has 1 saturated heterocycles. The highest BCUT2D eigenvalue weighted by molar-refractivity contribution is 5.68. The van der Waals surface area contributed by atoms with Crippen LogP contribution in [-0.2, 0) is 17.8 Å². The summed E-state index contributed by atoms with van der Waals surface area (Å²) in [5.41, 5.74) is 1.35. The van der Waals surface area contributed by atoms with Crippen LogP contribution in [0.15, 0.2) is 18.2 Å². The zero-order valence-electron chi connectivity index (χ0n) is 12.9. The molecule has 1 aliphatic heterocycles. The molecular formula is C16H23FN2O2. The van der Waals surface area contributed by atoms with Gasteiger partial charge in [-0.05, 0) is 31.9 Å². The van der Waals surface area contributed by atoms with Crippen molar-refractivity contribution in [2.75, 3.05) is 13.1 Å². The Labute approximate surface area is 125 Å². The van der Waals surface area contributed by atoms with Crippen molar-refractivity contribution in [3.8, 4) is 0 Å². The van der Waals surface area contributed by atoms with Crippen LogP contribution in [0.1, 0.15) is 31.9 Å². The summed E-state index contributed by atoms with van der Waals surface area (Å²) in [5, 5.41) is 3.26. The van der Waals surface area contributed by atoms with Crippen molar-refractivity contribution in [1.29, 1.82) is 0 Å². The molecule has 0 bridgehead atoms. The first-order chi connectivity index (χ1) is 10.0. The van der Waals surface area contributed by atoms with Crippen LogP contribution in [0.3, 0.4) is 0 Å². The molecule has 2 rings (SSSR count). The molecule has 5 heteroatoms. The van der Waals surface area contributed by atoms with Crippen LogP contribution in [0, 0.1) is 5.82 Å². The first-order valence-electron chi connectivity index (χ1n) is 7.46. The Hall–Kier alpha value is -1.62. The van der Waals surface area contributed by atoms with Crippen molar-refractivity contribution in [2.45, 2.75) is 45.9 Å². The van der Waals surface area contributed by atoms with Gasteiger partial charge in [-0.1, -0.05) is 19.1 Å². The second-order valence-corrected chi connectivity index (χ2v) is 5.60. The van der Waals surface area contributed by atoms with Gasteiger partial charge in [0.1, 0.15) is 12.4 Å². The summed E-state index contributed by atoms with van der Waals surface area (Å²) in [4.78, 5) is 13.9. The molecule has 1 aromatic rings. The lowest BCUT2D eigenvalue weighted by Gasteiger charge is -2.38. The minimum absolute atomic E-state index is 0.0297. The first kappa shape index (κ1) is 15.8. The van der Waals surface area contributed by atoms with Gasteiger partial charge in [0, 0.05) is 30.7 Å². The SMILES string of the molecule is CCc1ccc(COC(=O)N2[C@H](C)CNC[C@@H]2C)c(F)c1. The van der Waals surface area contributed by atoms with Gasteiger partial charge in [-0.3, -0.25) is 0 Å². The Bertz CT molecular complexity index is 497. The Morgan fingerprint density at radius 2 is 2.05 bits per heavy atom. The fraction of sp³-hybridized carbons (Fsp3) is 0.562. The molecule has 116 valence electrons. The average molecular weight is 294 g/mol. The summed E-state index contributed by atoms with van der Waals surface area (Å²) in [7, 11) is 0. The van der Waals surface area contributed by atoms with E-state index >= 15 is 0 Å². The van der Waals surface area contributed by atoms with Crippen LogP contribution >= 0.6 is 0 Å². The molecule has 0 aromatic heterocycles. The van der Waals surface area contributed by atoms with Gasteiger partial charge in [0.05, 0.1) is 0 Å². The number of carbonyl (C=O) groups is 1. The number of nitrogens with zero attached hydrogens (tertiary/aromatic N) is 1. The summed E-state index contributed by atoms with van der Waals surface area (Å²) < 4.78 is 19.2. The highest BCUT2D eigenvalue weighted by Crippen LogP contribution is 2.15. The lowest BCUT2D eigenvalue weighted by Crippen LogP contribution is -2.57. The Morgan fingerprint density at radius 3 is 2.62 bits per heavy atom. The molecule has 1 fully saturated rings. The topological polar surface area (TPSA) is 41.6 Å². The van der Waals surface area contributed by atoms with Gasteiger partial charge in [-0.2, -0.15) is 0 Å². The molecule has 1 aromatic carbocycles. The minimum atomic E-state index is -0.379. The minimum Gasteiger partial charge on any atom is -0.444 e.